The molecule has 5 heteroatoms. The summed E-state index contributed by atoms with van der Waals surface area (Å²) in [5.74, 6) is -0.105. The molecule has 1 amide bonds. The molecule has 5 atom stereocenters. The van der Waals surface area contributed by atoms with Gasteiger partial charge in [0.2, 0.25) is 5.91 Å². The molecule has 0 aromatic rings. The largest absolute Gasteiger partial charge is 0.393 e. The van der Waals surface area contributed by atoms with Gasteiger partial charge in [-0.1, -0.05) is 50.5 Å². The highest BCUT2D eigenvalue weighted by Gasteiger charge is 2.39. The van der Waals surface area contributed by atoms with Gasteiger partial charge >= 0.3 is 0 Å². The fourth-order valence-corrected chi connectivity index (χ4v) is 3.88. The Morgan fingerprint density at radius 1 is 1.14 bits per heavy atom. The van der Waals surface area contributed by atoms with Gasteiger partial charge in [-0.2, -0.15) is 0 Å². The molecule has 0 saturated heterocycles. The summed E-state index contributed by atoms with van der Waals surface area (Å²) in [5.41, 5.74) is -0.873. The quantitative estimate of drug-likeness (QED) is 0.284. The summed E-state index contributed by atoms with van der Waals surface area (Å²) in [4.78, 5) is 11.4. The molecule has 0 unspecified atom stereocenters. The topological polar surface area (TPSA) is 89.8 Å². The highest BCUT2D eigenvalue weighted by atomic mass is 16.3. The van der Waals surface area contributed by atoms with Gasteiger partial charge in [-0.05, 0) is 45.4 Å². The van der Waals surface area contributed by atoms with Crippen LogP contribution in [0.5, 0.6) is 0 Å². The summed E-state index contributed by atoms with van der Waals surface area (Å²) in [6.07, 6.45) is 13.8. The molecule has 0 bridgehead atoms. The molecule has 1 rings (SSSR count). The first-order valence-electron chi connectivity index (χ1n) is 11.0. The van der Waals surface area contributed by atoms with Crippen LogP contribution in [0, 0.1) is 11.8 Å². The lowest BCUT2D eigenvalue weighted by molar-refractivity contribution is -0.121. The van der Waals surface area contributed by atoms with Gasteiger partial charge in [-0.15, -0.1) is 0 Å². The second kappa shape index (κ2) is 13.1. The van der Waals surface area contributed by atoms with E-state index in [1.807, 2.05) is 19.1 Å². The van der Waals surface area contributed by atoms with Crippen LogP contribution in [0.15, 0.2) is 24.3 Å². The zero-order valence-corrected chi connectivity index (χ0v) is 17.9. The number of aliphatic hydroxyl groups excluding tert-OH is 2. The summed E-state index contributed by atoms with van der Waals surface area (Å²) in [7, 11) is 0. The van der Waals surface area contributed by atoms with Crippen LogP contribution in [0.1, 0.15) is 78.6 Å². The van der Waals surface area contributed by atoms with Gasteiger partial charge in [-0.3, -0.25) is 4.79 Å². The maximum absolute atomic E-state index is 11.4. The lowest BCUT2D eigenvalue weighted by atomic mass is 9.88. The van der Waals surface area contributed by atoms with Crippen molar-refractivity contribution in [2.24, 2.45) is 11.8 Å². The van der Waals surface area contributed by atoms with Crippen LogP contribution in [0.2, 0.25) is 0 Å². The average molecular weight is 396 g/mol. The maximum atomic E-state index is 11.4. The van der Waals surface area contributed by atoms with Crippen molar-refractivity contribution in [1.82, 2.24) is 5.32 Å². The number of carbonyl (C=O) groups is 1. The first kappa shape index (κ1) is 24.9. The molecule has 0 spiro atoms. The van der Waals surface area contributed by atoms with Crippen LogP contribution in [0.3, 0.4) is 0 Å². The van der Waals surface area contributed by atoms with Gasteiger partial charge < -0.3 is 20.6 Å². The second-order valence-corrected chi connectivity index (χ2v) is 8.34. The molecule has 28 heavy (non-hydrogen) atoms. The molecule has 5 nitrogen and oxygen atoms in total. The normalized spacial score (nSPS) is 27.5. The molecule has 0 heterocycles. The molecule has 1 aliphatic rings. The third-order valence-corrected chi connectivity index (χ3v) is 5.60. The second-order valence-electron chi connectivity index (χ2n) is 8.34. The molecule has 0 aromatic heterocycles. The summed E-state index contributed by atoms with van der Waals surface area (Å²) in [6.45, 7) is 6.52. The summed E-state index contributed by atoms with van der Waals surface area (Å²) in [5, 5.41) is 34.0. The van der Waals surface area contributed by atoms with E-state index in [9.17, 15) is 20.1 Å². The van der Waals surface area contributed by atoms with E-state index in [1.165, 1.54) is 0 Å². The van der Waals surface area contributed by atoms with Crippen molar-refractivity contribution >= 4 is 5.91 Å². The molecular weight excluding hydrogens is 354 g/mol. The Kier molecular flexibility index (Phi) is 11.7. The number of hydrogen-bond donors (Lipinski definition) is 4. The van der Waals surface area contributed by atoms with Gasteiger partial charge in [0.05, 0.1) is 17.8 Å². The Labute approximate surface area is 170 Å². The number of carbonyl (C=O) groups excluding carboxylic acids is 1. The Morgan fingerprint density at radius 3 is 2.57 bits per heavy atom. The van der Waals surface area contributed by atoms with Crippen molar-refractivity contribution in [1.29, 1.82) is 0 Å². The number of nitrogens with one attached hydrogen (secondary N) is 1. The first-order chi connectivity index (χ1) is 13.3. The van der Waals surface area contributed by atoms with E-state index in [-0.39, 0.29) is 17.7 Å². The predicted molar refractivity (Wildman–Crippen MR) is 114 cm³/mol. The monoisotopic (exact) mass is 395 g/mol. The fourth-order valence-electron chi connectivity index (χ4n) is 3.88. The Hall–Kier alpha value is -1.17. The third kappa shape index (κ3) is 9.35. The maximum Gasteiger partial charge on any atom is 0.219 e. The van der Waals surface area contributed by atoms with Gasteiger partial charge in [0.15, 0.2) is 0 Å². The smallest absolute Gasteiger partial charge is 0.219 e. The molecule has 0 aromatic carbocycles. The van der Waals surface area contributed by atoms with Crippen LogP contribution in [-0.4, -0.2) is 45.6 Å². The van der Waals surface area contributed by atoms with Crippen LogP contribution < -0.4 is 5.32 Å². The van der Waals surface area contributed by atoms with Crippen LogP contribution in [0.4, 0.5) is 0 Å². The summed E-state index contributed by atoms with van der Waals surface area (Å²) < 4.78 is 0. The lowest BCUT2D eigenvalue weighted by Gasteiger charge is -2.23. The van der Waals surface area contributed by atoms with Gasteiger partial charge in [-0.25, -0.2) is 0 Å². The zero-order valence-electron chi connectivity index (χ0n) is 17.9. The third-order valence-electron chi connectivity index (χ3n) is 5.60. The minimum absolute atomic E-state index is 0.0441. The lowest BCUT2D eigenvalue weighted by Crippen LogP contribution is -2.24. The number of amides is 1. The Bertz CT molecular complexity index is 501. The molecule has 4 N–H and O–H groups in total. The van der Waals surface area contributed by atoms with E-state index in [0.29, 0.717) is 32.2 Å². The standard InChI is InChI=1S/C23H41NO4/c1-4-6-11-15-23(3,28)16-14-19-18(20(25)17-21(19)26)12-9-7-8-10-13-22(27)24-5-2/h7,9,14,16,18-21,25-26,28H,4-6,8,10-13,15,17H2,1-3H3,(H,24,27)/b9-7-,16-14+/t18-,19-,20-,21-,23+/m1/s1. The van der Waals surface area contributed by atoms with E-state index in [0.717, 1.165) is 32.1 Å². The zero-order chi connectivity index (χ0) is 21.0. The molecule has 162 valence electrons. The van der Waals surface area contributed by atoms with E-state index in [2.05, 4.69) is 18.3 Å². The number of unbranched alkanes of at least 4 members (excludes halogenated alkanes) is 3. The Balaban J connectivity index is 2.51. The fraction of sp³-hybridized carbons (Fsp3) is 0.783. The van der Waals surface area contributed by atoms with E-state index in [1.54, 1.807) is 13.0 Å². The summed E-state index contributed by atoms with van der Waals surface area (Å²) >= 11 is 0. The molecular formula is C23H41NO4. The van der Waals surface area contributed by atoms with E-state index >= 15 is 0 Å². The highest BCUT2D eigenvalue weighted by Crippen LogP contribution is 2.37. The SMILES string of the molecule is CCCCC[C@](C)(O)/C=C/[C@@H]1[C@@H](C/C=C\CCCC(=O)NCC)[C@H](O)C[C@H]1O. The van der Waals surface area contributed by atoms with E-state index in [4.69, 9.17) is 0 Å². The molecule has 0 radical (unpaired) electrons. The minimum atomic E-state index is -0.873. The minimum Gasteiger partial charge on any atom is -0.393 e. The number of hydrogen-bond acceptors (Lipinski definition) is 4. The van der Waals surface area contributed by atoms with Gasteiger partial charge in [0, 0.05) is 25.3 Å². The molecule has 1 aliphatic carbocycles. The molecule has 0 aliphatic heterocycles. The summed E-state index contributed by atoms with van der Waals surface area (Å²) in [6, 6.07) is 0. The molecule has 1 saturated carbocycles. The van der Waals surface area contributed by atoms with Crippen LogP contribution in [0.25, 0.3) is 0 Å². The van der Waals surface area contributed by atoms with Crippen molar-refractivity contribution in [3.63, 3.8) is 0 Å². The van der Waals surface area contributed by atoms with Crippen molar-refractivity contribution in [2.45, 2.75) is 96.4 Å². The van der Waals surface area contributed by atoms with Crippen molar-refractivity contribution in [2.75, 3.05) is 6.54 Å². The number of rotatable bonds is 13. The molecule has 1 fully saturated rings. The van der Waals surface area contributed by atoms with Gasteiger partial charge in [0.25, 0.3) is 0 Å². The number of allylic oxidation sites excluding steroid dienone is 2. The Morgan fingerprint density at radius 2 is 1.89 bits per heavy atom. The van der Waals surface area contributed by atoms with Crippen molar-refractivity contribution in [3.05, 3.63) is 24.3 Å². The number of aliphatic hydroxyl groups is 3. The van der Waals surface area contributed by atoms with Crippen molar-refractivity contribution in [3.8, 4) is 0 Å². The van der Waals surface area contributed by atoms with Crippen LogP contribution in [-0.2, 0) is 4.79 Å². The highest BCUT2D eigenvalue weighted by molar-refractivity contribution is 5.75. The van der Waals surface area contributed by atoms with E-state index < -0.39 is 17.8 Å². The first-order valence-corrected chi connectivity index (χ1v) is 11.0. The van der Waals surface area contributed by atoms with Crippen molar-refractivity contribution < 1.29 is 20.1 Å². The van der Waals surface area contributed by atoms with Crippen LogP contribution >= 0.6 is 0 Å². The predicted octanol–water partition coefficient (Wildman–Crippen LogP) is 3.48. The van der Waals surface area contributed by atoms with Gasteiger partial charge in [0.1, 0.15) is 0 Å². The average Bonchev–Trinajstić information content (AvgIpc) is 2.89.